The molecule has 1 aliphatic rings. The summed E-state index contributed by atoms with van der Waals surface area (Å²) in [6, 6.07) is 27.5. The molecule has 0 spiro atoms. The fraction of sp³-hybridized carbons (Fsp3) is 0.269. The molecule has 30 heavy (non-hydrogen) atoms. The number of nitrogens with zero attached hydrogens (tertiary/aromatic N) is 2. The van der Waals surface area contributed by atoms with E-state index in [-0.39, 0.29) is 5.78 Å². The van der Waals surface area contributed by atoms with E-state index in [1.807, 2.05) is 54.6 Å². The molecular weight excluding hydrogens is 372 g/mol. The second-order valence-corrected chi connectivity index (χ2v) is 7.67. The van der Waals surface area contributed by atoms with Gasteiger partial charge in [0.2, 0.25) is 0 Å². The van der Waals surface area contributed by atoms with E-state index in [1.54, 1.807) is 0 Å². The summed E-state index contributed by atoms with van der Waals surface area (Å²) >= 11 is 0. The van der Waals surface area contributed by atoms with Gasteiger partial charge >= 0.3 is 0 Å². The minimum Gasteiger partial charge on any atom is -0.492 e. The fourth-order valence-electron chi connectivity index (χ4n) is 3.76. The van der Waals surface area contributed by atoms with Crippen LogP contribution in [0.3, 0.4) is 0 Å². The van der Waals surface area contributed by atoms with Crippen molar-refractivity contribution in [2.75, 3.05) is 39.3 Å². The van der Waals surface area contributed by atoms with Gasteiger partial charge in [-0.2, -0.15) is 0 Å². The zero-order chi connectivity index (χ0) is 20.6. The molecule has 0 bridgehead atoms. The summed E-state index contributed by atoms with van der Waals surface area (Å²) in [5, 5.41) is 0. The van der Waals surface area contributed by atoms with Crippen LogP contribution >= 0.6 is 0 Å². The highest BCUT2D eigenvalue weighted by Crippen LogP contribution is 2.16. The van der Waals surface area contributed by atoms with Crippen LogP contribution in [0.15, 0.2) is 84.9 Å². The van der Waals surface area contributed by atoms with Gasteiger partial charge in [-0.3, -0.25) is 14.6 Å². The largest absolute Gasteiger partial charge is 0.492 e. The smallest absolute Gasteiger partial charge is 0.193 e. The molecule has 1 fully saturated rings. The van der Waals surface area contributed by atoms with Crippen molar-refractivity contribution in [3.8, 4) is 5.75 Å². The third-order valence-electron chi connectivity index (χ3n) is 5.54. The van der Waals surface area contributed by atoms with E-state index in [0.29, 0.717) is 17.7 Å². The monoisotopic (exact) mass is 400 g/mol. The van der Waals surface area contributed by atoms with Gasteiger partial charge in [-0.25, -0.2) is 0 Å². The van der Waals surface area contributed by atoms with Crippen LogP contribution in [0.1, 0.15) is 21.5 Å². The van der Waals surface area contributed by atoms with Gasteiger partial charge in [-0.1, -0.05) is 60.7 Å². The van der Waals surface area contributed by atoms with E-state index >= 15 is 0 Å². The van der Waals surface area contributed by atoms with Crippen LogP contribution in [-0.4, -0.2) is 54.9 Å². The third-order valence-corrected chi connectivity index (χ3v) is 5.54. The van der Waals surface area contributed by atoms with Crippen LogP contribution in [0.2, 0.25) is 0 Å². The summed E-state index contributed by atoms with van der Waals surface area (Å²) in [7, 11) is 0. The lowest BCUT2D eigenvalue weighted by molar-refractivity contribution is 0.103. The standard InChI is InChI=1S/C26H28N2O2/c29-26(23-9-5-2-6-10-23)24-11-13-25(14-12-24)30-20-19-27-15-17-28(18-16-27)21-22-7-3-1-4-8-22/h1-14H,15-21H2. The molecule has 1 saturated heterocycles. The Morgan fingerprint density at radius 1 is 0.700 bits per heavy atom. The first kappa shape index (κ1) is 20.3. The summed E-state index contributed by atoms with van der Waals surface area (Å²) in [4.78, 5) is 17.4. The van der Waals surface area contributed by atoms with Crippen molar-refractivity contribution in [3.63, 3.8) is 0 Å². The van der Waals surface area contributed by atoms with Gasteiger partial charge in [0.1, 0.15) is 12.4 Å². The number of hydrogen-bond acceptors (Lipinski definition) is 4. The summed E-state index contributed by atoms with van der Waals surface area (Å²) in [6.45, 7) is 6.92. The van der Waals surface area contributed by atoms with Crippen LogP contribution in [0, 0.1) is 0 Å². The van der Waals surface area contributed by atoms with Crippen LogP contribution < -0.4 is 4.74 Å². The number of hydrogen-bond donors (Lipinski definition) is 0. The average Bonchev–Trinajstić information content (AvgIpc) is 2.81. The van der Waals surface area contributed by atoms with E-state index in [9.17, 15) is 4.79 Å². The normalized spacial score (nSPS) is 15.1. The molecular formula is C26H28N2O2. The molecule has 4 rings (SSSR count). The molecule has 0 unspecified atom stereocenters. The van der Waals surface area contributed by atoms with Gasteiger partial charge in [0, 0.05) is 50.4 Å². The molecule has 0 N–H and O–H groups in total. The maximum atomic E-state index is 12.5. The van der Waals surface area contributed by atoms with Crippen LogP contribution in [-0.2, 0) is 6.54 Å². The number of piperazine rings is 1. The molecule has 154 valence electrons. The van der Waals surface area contributed by atoms with Crippen molar-refractivity contribution in [3.05, 3.63) is 102 Å². The zero-order valence-electron chi connectivity index (χ0n) is 17.2. The molecule has 0 atom stereocenters. The molecule has 1 aliphatic heterocycles. The van der Waals surface area contributed by atoms with E-state index in [4.69, 9.17) is 4.74 Å². The molecule has 4 nitrogen and oxygen atoms in total. The molecule has 3 aromatic rings. The average molecular weight is 401 g/mol. The Labute approximate surface area is 178 Å². The SMILES string of the molecule is O=C(c1ccccc1)c1ccc(OCCN2CCN(Cc3ccccc3)CC2)cc1. The van der Waals surface area contributed by atoms with Gasteiger partial charge < -0.3 is 4.74 Å². The first-order valence-corrected chi connectivity index (χ1v) is 10.6. The van der Waals surface area contributed by atoms with Gasteiger partial charge in [0.25, 0.3) is 0 Å². The van der Waals surface area contributed by atoms with E-state index in [1.165, 1.54) is 5.56 Å². The molecule has 1 heterocycles. The lowest BCUT2D eigenvalue weighted by atomic mass is 10.0. The summed E-state index contributed by atoms with van der Waals surface area (Å²) in [5.41, 5.74) is 2.77. The summed E-state index contributed by atoms with van der Waals surface area (Å²) < 4.78 is 5.91. The van der Waals surface area contributed by atoms with Crippen LogP contribution in [0.25, 0.3) is 0 Å². The number of carbonyl (C=O) groups excluding carboxylic acids is 1. The number of ether oxygens (including phenoxy) is 1. The predicted octanol–water partition coefficient (Wildman–Crippen LogP) is 4.11. The topological polar surface area (TPSA) is 32.8 Å². The molecule has 0 aliphatic carbocycles. The first-order chi connectivity index (χ1) is 14.8. The molecule has 0 amide bonds. The van der Waals surface area contributed by atoms with E-state index < -0.39 is 0 Å². The Balaban J connectivity index is 1.18. The Morgan fingerprint density at radius 2 is 1.27 bits per heavy atom. The lowest BCUT2D eigenvalue weighted by Gasteiger charge is -2.34. The maximum absolute atomic E-state index is 12.5. The third kappa shape index (κ3) is 5.56. The Kier molecular flexibility index (Phi) is 6.91. The highest BCUT2D eigenvalue weighted by atomic mass is 16.5. The second kappa shape index (κ2) is 10.2. The maximum Gasteiger partial charge on any atom is 0.193 e. The Bertz CT molecular complexity index is 918. The fourth-order valence-corrected chi connectivity index (χ4v) is 3.76. The number of rotatable bonds is 8. The highest BCUT2D eigenvalue weighted by Gasteiger charge is 2.16. The number of benzene rings is 3. The minimum absolute atomic E-state index is 0.0375. The molecule has 4 heteroatoms. The van der Waals surface area contributed by atoms with Crippen LogP contribution in [0.4, 0.5) is 0 Å². The highest BCUT2D eigenvalue weighted by molar-refractivity contribution is 6.08. The molecule has 0 radical (unpaired) electrons. The molecule has 3 aromatic carbocycles. The van der Waals surface area contributed by atoms with Crippen molar-refractivity contribution in [2.45, 2.75) is 6.54 Å². The summed E-state index contributed by atoms with van der Waals surface area (Å²) in [6.07, 6.45) is 0. The first-order valence-electron chi connectivity index (χ1n) is 10.6. The second-order valence-electron chi connectivity index (χ2n) is 7.67. The Morgan fingerprint density at radius 3 is 1.93 bits per heavy atom. The van der Waals surface area contributed by atoms with Gasteiger partial charge in [0.05, 0.1) is 0 Å². The Hall–Kier alpha value is -2.95. The summed E-state index contributed by atoms with van der Waals surface area (Å²) in [5.74, 6) is 0.845. The zero-order valence-corrected chi connectivity index (χ0v) is 17.2. The quantitative estimate of drug-likeness (QED) is 0.533. The van der Waals surface area contributed by atoms with Crippen molar-refractivity contribution < 1.29 is 9.53 Å². The van der Waals surface area contributed by atoms with E-state index in [2.05, 4.69) is 40.1 Å². The van der Waals surface area contributed by atoms with E-state index in [0.717, 1.165) is 45.0 Å². The van der Waals surface area contributed by atoms with Crippen molar-refractivity contribution in [1.29, 1.82) is 0 Å². The minimum atomic E-state index is 0.0375. The number of ketones is 1. The van der Waals surface area contributed by atoms with Gasteiger partial charge in [-0.15, -0.1) is 0 Å². The van der Waals surface area contributed by atoms with Crippen molar-refractivity contribution in [1.82, 2.24) is 9.80 Å². The van der Waals surface area contributed by atoms with Gasteiger partial charge in [-0.05, 0) is 29.8 Å². The van der Waals surface area contributed by atoms with Crippen molar-refractivity contribution >= 4 is 5.78 Å². The number of carbonyl (C=O) groups is 1. The predicted molar refractivity (Wildman–Crippen MR) is 120 cm³/mol. The van der Waals surface area contributed by atoms with Gasteiger partial charge in [0.15, 0.2) is 5.78 Å². The van der Waals surface area contributed by atoms with Crippen LogP contribution in [0.5, 0.6) is 5.75 Å². The molecule has 0 aromatic heterocycles. The molecule has 0 saturated carbocycles. The lowest BCUT2D eigenvalue weighted by Crippen LogP contribution is -2.47. The van der Waals surface area contributed by atoms with Crippen molar-refractivity contribution in [2.24, 2.45) is 0 Å².